The van der Waals surface area contributed by atoms with Crippen LogP contribution in [-0.4, -0.2) is 131 Å². The third kappa shape index (κ3) is 6.66. The van der Waals surface area contributed by atoms with E-state index >= 15 is 0 Å². The molecule has 2 saturated heterocycles. The van der Waals surface area contributed by atoms with Gasteiger partial charge in [-0.25, -0.2) is 0 Å². The van der Waals surface area contributed by atoms with Gasteiger partial charge in [-0.1, -0.05) is 12.1 Å². The molecule has 2 heterocycles. The van der Waals surface area contributed by atoms with Crippen LogP contribution in [0.1, 0.15) is 15.9 Å². The van der Waals surface area contributed by atoms with Crippen molar-refractivity contribution in [3.05, 3.63) is 53.6 Å². The molecule has 2 aromatic rings. The van der Waals surface area contributed by atoms with Crippen LogP contribution in [-0.2, 0) is 9.47 Å². The molecule has 0 radical (unpaired) electrons. The third-order valence-corrected chi connectivity index (χ3v) is 6.84. The van der Waals surface area contributed by atoms with Crippen molar-refractivity contribution >= 4 is 11.9 Å². The van der Waals surface area contributed by atoms with E-state index in [0.717, 1.165) is 12.1 Å². The monoisotopic (exact) mass is 596 g/mol. The first-order valence-corrected chi connectivity index (χ1v) is 12.8. The second kappa shape index (κ2) is 13.3. The van der Waals surface area contributed by atoms with E-state index in [9.17, 15) is 55.9 Å². The van der Waals surface area contributed by atoms with E-state index < -0.39 is 86.2 Å². The van der Waals surface area contributed by atoms with Crippen molar-refractivity contribution in [1.82, 2.24) is 0 Å². The minimum atomic E-state index is -1.71. The van der Waals surface area contributed by atoms with Crippen molar-refractivity contribution in [2.24, 2.45) is 0 Å². The molecule has 230 valence electrons. The van der Waals surface area contributed by atoms with Crippen LogP contribution < -0.4 is 9.47 Å². The highest BCUT2D eigenvalue weighted by Crippen LogP contribution is 2.32. The summed E-state index contributed by atoms with van der Waals surface area (Å²) in [4.78, 5) is 12.8. The lowest BCUT2D eigenvalue weighted by atomic mass is 9.99. The van der Waals surface area contributed by atoms with Crippen molar-refractivity contribution < 1.29 is 74.8 Å². The second-order valence-corrected chi connectivity index (χ2v) is 9.73. The Hall–Kier alpha value is -3.35. The van der Waals surface area contributed by atoms with Gasteiger partial charge in [0, 0.05) is 6.07 Å². The molecule has 2 fully saturated rings. The quantitative estimate of drug-likeness (QED) is 0.105. The van der Waals surface area contributed by atoms with E-state index in [1.807, 2.05) is 0 Å². The number of aliphatic hydroxyl groups is 8. The largest absolute Gasteiger partial charge is 0.507 e. The van der Waals surface area contributed by atoms with Crippen LogP contribution in [0.15, 0.2) is 42.5 Å². The molecule has 2 aromatic carbocycles. The molecular weight excluding hydrogens is 564 g/mol. The van der Waals surface area contributed by atoms with Crippen LogP contribution in [0.5, 0.6) is 23.0 Å². The number of rotatable bonds is 9. The van der Waals surface area contributed by atoms with Crippen molar-refractivity contribution in [1.29, 1.82) is 0 Å². The summed E-state index contributed by atoms with van der Waals surface area (Å²) in [7, 11) is 0. The molecule has 0 saturated carbocycles. The maximum atomic E-state index is 12.8. The average Bonchev–Trinajstić information content (AvgIpc) is 2.97. The molecule has 15 heteroatoms. The standard InChI is InChI=1S/C27H32O15/c28-9-18-20(33)22(35)24(37)26(41-18)39-12-3-4-13(16(32)8-12)14(30)5-1-11-2-6-15(31)17(7-11)40-27-25(38)23(36)21(34)19(10-29)42-27/h1-8,18-29,31-38H,9-10H2/t18-,19-,20+,21+,22-,23-,24-,25+,26-,27+/m1/s1. The summed E-state index contributed by atoms with van der Waals surface area (Å²) in [5.41, 5.74) is 0.201. The molecule has 0 amide bonds. The van der Waals surface area contributed by atoms with Gasteiger partial charge >= 0.3 is 0 Å². The molecule has 42 heavy (non-hydrogen) atoms. The fraction of sp³-hybridized carbons (Fsp3) is 0.444. The summed E-state index contributed by atoms with van der Waals surface area (Å²) in [5.74, 6) is -1.76. The summed E-state index contributed by atoms with van der Waals surface area (Å²) < 4.78 is 21.4. The van der Waals surface area contributed by atoms with Crippen LogP contribution >= 0.6 is 0 Å². The topological polar surface area (TPSA) is 256 Å². The predicted molar refractivity (Wildman–Crippen MR) is 138 cm³/mol. The van der Waals surface area contributed by atoms with Crippen molar-refractivity contribution in [3.63, 3.8) is 0 Å². The highest BCUT2D eigenvalue weighted by atomic mass is 16.7. The normalized spacial score (nSPS) is 33.4. The molecule has 2 aliphatic heterocycles. The average molecular weight is 597 g/mol. The zero-order valence-corrected chi connectivity index (χ0v) is 21.8. The van der Waals surface area contributed by atoms with Gasteiger partial charge in [0.25, 0.3) is 0 Å². The maximum Gasteiger partial charge on any atom is 0.229 e. The highest BCUT2D eigenvalue weighted by Gasteiger charge is 2.46. The summed E-state index contributed by atoms with van der Waals surface area (Å²) in [6.45, 7) is -1.33. The Morgan fingerprint density at radius 2 is 1.29 bits per heavy atom. The van der Waals surface area contributed by atoms with E-state index in [1.54, 1.807) is 0 Å². The van der Waals surface area contributed by atoms with Gasteiger partial charge in [0.1, 0.15) is 60.3 Å². The smallest absolute Gasteiger partial charge is 0.229 e. The minimum Gasteiger partial charge on any atom is -0.507 e. The summed E-state index contributed by atoms with van der Waals surface area (Å²) in [6.07, 6.45) is -12.9. The van der Waals surface area contributed by atoms with Gasteiger partial charge in [0.05, 0.1) is 18.8 Å². The first-order chi connectivity index (χ1) is 19.9. The number of carbonyl (C=O) groups is 1. The van der Waals surface area contributed by atoms with E-state index in [-0.39, 0.29) is 22.8 Å². The zero-order valence-electron chi connectivity index (χ0n) is 21.8. The number of phenols is 2. The number of ether oxygens (including phenoxy) is 4. The molecule has 0 aliphatic carbocycles. The third-order valence-electron chi connectivity index (χ3n) is 6.84. The molecule has 10 N–H and O–H groups in total. The molecule has 0 spiro atoms. The Labute approximate surface area is 238 Å². The predicted octanol–water partition coefficient (Wildman–Crippen LogP) is -2.65. The van der Waals surface area contributed by atoms with E-state index in [2.05, 4.69) is 0 Å². The lowest BCUT2D eigenvalue weighted by Gasteiger charge is -2.39. The van der Waals surface area contributed by atoms with Crippen molar-refractivity contribution in [2.45, 2.75) is 61.4 Å². The maximum absolute atomic E-state index is 12.8. The lowest BCUT2D eigenvalue weighted by molar-refractivity contribution is -0.277. The van der Waals surface area contributed by atoms with Crippen LogP contribution in [0, 0.1) is 0 Å². The lowest BCUT2D eigenvalue weighted by Crippen LogP contribution is -2.60. The SMILES string of the molecule is O=C(C=Cc1ccc(O)c(O[C@H]2O[C@H](CO)[C@H](O)[C@@H](O)[C@@H]2O)c1)c1ccc(O[C@@H]2O[C@H](CO)[C@H](O)[C@@H](O)[C@H]2O)cc1O. The minimum absolute atomic E-state index is 0.0501. The number of carbonyl (C=O) groups excluding carboxylic acids is 1. The van der Waals surface area contributed by atoms with E-state index in [4.69, 9.17) is 18.9 Å². The first kappa shape index (κ1) is 31.6. The van der Waals surface area contributed by atoms with Crippen molar-refractivity contribution in [3.8, 4) is 23.0 Å². The van der Waals surface area contributed by atoms with Gasteiger partial charge in [-0.2, -0.15) is 0 Å². The summed E-state index contributed by atoms with van der Waals surface area (Å²) >= 11 is 0. The second-order valence-electron chi connectivity index (χ2n) is 9.73. The summed E-state index contributed by atoms with van der Waals surface area (Å²) in [6, 6.07) is 7.52. The number of allylic oxidation sites excluding steroid dienone is 1. The number of aliphatic hydroxyl groups excluding tert-OH is 8. The van der Waals surface area contributed by atoms with Gasteiger partial charge in [-0.05, 0) is 35.9 Å². The van der Waals surface area contributed by atoms with Gasteiger partial charge in [-0.15, -0.1) is 0 Å². The number of phenolic OH excluding ortho intramolecular Hbond substituents is 2. The van der Waals surface area contributed by atoms with Gasteiger partial charge in [0.2, 0.25) is 12.6 Å². The van der Waals surface area contributed by atoms with Gasteiger partial charge in [0.15, 0.2) is 17.3 Å². The molecule has 10 atom stereocenters. The van der Waals surface area contributed by atoms with E-state index in [0.29, 0.717) is 5.56 Å². The molecule has 15 nitrogen and oxygen atoms in total. The Balaban J connectivity index is 1.43. The number of hydrogen-bond donors (Lipinski definition) is 10. The molecular formula is C27H32O15. The molecule has 4 rings (SSSR count). The van der Waals surface area contributed by atoms with Crippen LogP contribution in [0.3, 0.4) is 0 Å². The highest BCUT2D eigenvalue weighted by molar-refractivity contribution is 6.08. The van der Waals surface area contributed by atoms with Gasteiger partial charge in [-0.3, -0.25) is 4.79 Å². The Morgan fingerprint density at radius 1 is 0.714 bits per heavy atom. The van der Waals surface area contributed by atoms with Crippen LogP contribution in [0.4, 0.5) is 0 Å². The number of ketones is 1. The summed E-state index contributed by atoms with van der Waals surface area (Å²) in [5, 5.41) is 99.1. The first-order valence-electron chi connectivity index (χ1n) is 12.8. The Bertz CT molecular complexity index is 1260. The zero-order chi connectivity index (χ0) is 30.7. The molecule has 2 aliphatic rings. The van der Waals surface area contributed by atoms with E-state index in [1.165, 1.54) is 36.4 Å². The number of hydrogen-bond acceptors (Lipinski definition) is 15. The Kier molecular flexibility index (Phi) is 10.0. The number of benzene rings is 2. The van der Waals surface area contributed by atoms with Crippen molar-refractivity contribution in [2.75, 3.05) is 13.2 Å². The van der Waals surface area contributed by atoms with Crippen LogP contribution in [0.2, 0.25) is 0 Å². The van der Waals surface area contributed by atoms with Crippen LogP contribution in [0.25, 0.3) is 6.08 Å². The Morgan fingerprint density at radius 3 is 1.83 bits per heavy atom. The fourth-order valence-electron chi connectivity index (χ4n) is 4.37. The molecule has 0 aromatic heterocycles. The molecule has 0 bridgehead atoms. The fourth-order valence-corrected chi connectivity index (χ4v) is 4.37. The number of aromatic hydroxyl groups is 2. The molecule has 0 unspecified atom stereocenters. The van der Waals surface area contributed by atoms with Gasteiger partial charge < -0.3 is 70.0 Å².